The molecule has 2 aromatic rings. The average molecular weight is 273 g/mol. The van der Waals surface area contributed by atoms with Crippen LogP contribution < -0.4 is 9.64 Å². The third-order valence-corrected chi connectivity index (χ3v) is 3.46. The monoisotopic (exact) mass is 273 g/mol. The van der Waals surface area contributed by atoms with Gasteiger partial charge in [-0.05, 0) is 18.6 Å². The van der Waals surface area contributed by atoms with Crippen molar-refractivity contribution in [3.63, 3.8) is 0 Å². The van der Waals surface area contributed by atoms with Gasteiger partial charge in [0.1, 0.15) is 5.75 Å². The SMILES string of the molecule is COc1cccc(N2C(=O)CC[C@H]2Cc2nn[nH]n2)c1. The fraction of sp³-hybridized carbons (Fsp3) is 0.385. The van der Waals surface area contributed by atoms with E-state index in [0.29, 0.717) is 18.7 Å². The Morgan fingerprint density at radius 2 is 2.40 bits per heavy atom. The molecule has 3 rings (SSSR count). The summed E-state index contributed by atoms with van der Waals surface area (Å²) in [5, 5.41) is 13.9. The van der Waals surface area contributed by atoms with Gasteiger partial charge in [0, 0.05) is 30.6 Å². The van der Waals surface area contributed by atoms with Crippen molar-refractivity contribution in [1.29, 1.82) is 0 Å². The smallest absolute Gasteiger partial charge is 0.227 e. The fourth-order valence-corrected chi connectivity index (χ4v) is 2.53. The van der Waals surface area contributed by atoms with Crippen molar-refractivity contribution in [2.45, 2.75) is 25.3 Å². The number of carbonyl (C=O) groups is 1. The zero-order valence-corrected chi connectivity index (χ0v) is 11.1. The van der Waals surface area contributed by atoms with Gasteiger partial charge in [-0.25, -0.2) is 0 Å². The normalized spacial score (nSPS) is 18.6. The number of nitrogens with one attached hydrogen (secondary N) is 1. The Kier molecular flexibility index (Phi) is 3.32. The first-order valence-electron chi connectivity index (χ1n) is 6.46. The second-order valence-electron chi connectivity index (χ2n) is 4.69. The minimum absolute atomic E-state index is 0.0622. The zero-order chi connectivity index (χ0) is 13.9. The molecule has 1 atom stereocenters. The van der Waals surface area contributed by atoms with Gasteiger partial charge in [-0.2, -0.15) is 5.21 Å². The quantitative estimate of drug-likeness (QED) is 0.896. The summed E-state index contributed by atoms with van der Waals surface area (Å²) in [5.74, 6) is 1.48. The van der Waals surface area contributed by atoms with Crippen LogP contribution in [0, 0.1) is 0 Å². The molecular formula is C13H15N5O2. The van der Waals surface area contributed by atoms with E-state index in [0.717, 1.165) is 17.9 Å². The second-order valence-corrected chi connectivity index (χ2v) is 4.69. The molecule has 1 aromatic heterocycles. The molecule has 1 aliphatic heterocycles. The minimum atomic E-state index is 0.0622. The highest BCUT2D eigenvalue weighted by Crippen LogP contribution is 2.30. The van der Waals surface area contributed by atoms with E-state index in [-0.39, 0.29) is 11.9 Å². The maximum Gasteiger partial charge on any atom is 0.227 e. The molecule has 0 aliphatic carbocycles. The highest BCUT2D eigenvalue weighted by molar-refractivity contribution is 5.96. The number of benzene rings is 1. The van der Waals surface area contributed by atoms with Crippen LogP contribution in [0.4, 0.5) is 5.69 Å². The number of ether oxygens (including phenoxy) is 1. The summed E-state index contributed by atoms with van der Waals surface area (Å²) in [5.41, 5.74) is 0.848. The number of methoxy groups -OCH3 is 1. The van der Waals surface area contributed by atoms with Gasteiger partial charge >= 0.3 is 0 Å². The number of aromatic nitrogens is 4. The van der Waals surface area contributed by atoms with Crippen LogP contribution in [0.1, 0.15) is 18.7 Å². The molecule has 7 nitrogen and oxygen atoms in total. The van der Waals surface area contributed by atoms with E-state index in [2.05, 4.69) is 20.6 Å². The number of rotatable bonds is 4. The van der Waals surface area contributed by atoms with Gasteiger partial charge < -0.3 is 9.64 Å². The molecule has 0 unspecified atom stereocenters. The largest absolute Gasteiger partial charge is 0.497 e. The maximum atomic E-state index is 12.1. The summed E-state index contributed by atoms with van der Waals surface area (Å²) in [4.78, 5) is 13.9. The van der Waals surface area contributed by atoms with Crippen LogP contribution in [0.25, 0.3) is 0 Å². The van der Waals surface area contributed by atoms with E-state index < -0.39 is 0 Å². The third-order valence-electron chi connectivity index (χ3n) is 3.46. The summed E-state index contributed by atoms with van der Waals surface area (Å²) in [6, 6.07) is 7.58. The van der Waals surface area contributed by atoms with Crippen LogP contribution in [0.5, 0.6) is 5.75 Å². The molecule has 1 fully saturated rings. The molecule has 1 aliphatic rings. The highest BCUT2D eigenvalue weighted by Gasteiger charge is 2.33. The van der Waals surface area contributed by atoms with E-state index in [1.165, 1.54) is 0 Å². The Morgan fingerprint density at radius 1 is 1.50 bits per heavy atom. The van der Waals surface area contributed by atoms with Crippen molar-refractivity contribution >= 4 is 11.6 Å². The van der Waals surface area contributed by atoms with Crippen molar-refractivity contribution < 1.29 is 9.53 Å². The van der Waals surface area contributed by atoms with Gasteiger partial charge in [-0.3, -0.25) is 4.79 Å². The summed E-state index contributed by atoms with van der Waals surface area (Å²) in [6.07, 6.45) is 1.93. The van der Waals surface area contributed by atoms with Crippen molar-refractivity contribution in [3.8, 4) is 5.75 Å². The van der Waals surface area contributed by atoms with Crippen LogP contribution in [0.2, 0.25) is 0 Å². The predicted octanol–water partition coefficient (Wildman–Crippen LogP) is 0.946. The number of H-pyrrole nitrogens is 1. The first kappa shape index (κ1) is 12.6. The highest BCUT2D eigenvalue weighted by atomic mass is 16.5. The van der Waals surface area contributed by atoms with E-state index in [1.54, 1.807) is 12.0 Å². The lowest BCUT2D eigenvalue weighted by atomic mass is 10.1. The lowest BCUT2D eigenvalue weighted by Gasteiger charge is -2.24. The molecule has 2 heterocycles. The predicted molar refractivity (Wildman–Crippen MR) is 71.4 cm³/mol. The molecule has 0 bridgehead atoms. The Bertz CT molecular complexity index is 599. The third kappa shape index (κ3) is 2.34. The summed E-state index contributed by atoms with van der Waals surface area (Å²) >= 11 is 0. The van der Waals surface area contributed by atoms with Gasteiger partial charge in [-0.1, -0.05) is 11.3 Å². The van der Waals surface area contributed by atoms with Gasteiger partial charge in [0.2, 0.25) is 5.91 Å². The Balaban J connectivity index is 1.86. The Morgan fingerprint density at radius 3 is 3.15 bits per heavy atom. The maximum absolute atomic E-state index is 12.1. The number of anilines is 1. The van der Waals surface area contributed by atoms with Gasteiger partial charge in [0.05, 0.1) is 7.11 Å². The molecule has 104 valence electrons. The number of aromatic amines is 1. The second kappa shape index (κ2) is 5.28. The Labute approximate surface area is 115 Å². The number of amides is 1. The van der Waals surface area contributed by atoms with Gasteiger partial charge in [0.15, 0.2) is 5.82 Å². The van der Waals surface area contributed by atoms with Crippen LogP contribution >= 0.6 is 0 Å². The Hall–Kier alpha value is -2.44. The number of tetrazole rings is 1. The minimum Gasteiger partial charge on any atom is -0.497 e. The number of hydrogen-bond acceptors (Lipinski definition) is 5. The summed E-state index contributed by atoms with van der Waals surface area (Å²) in [6.45, 7) is 0. The van der Waals surface area contributed by atoms with E-state index in [1.807, 2.05) is 24.3 Å². The number of carbonyl (C=O) groups excluding carboxylic acids is 1. The van der Waals surface area contributed by atoms with E-state index >= 15 is 0 Å². The molecule has 7 heteroatoms. The number of hydrogen-bond donors (Lipinski definition) is 1. The molecule has 1 aromatic carbocycles. The molecule has 1 saturated heterocycles. The van der Waals surface area contributed by atoms with Gasteiger partial charge in [-0.15, -0.1) is 10.2 Å². The molecule has 0 radical (unpaired) electrons. The molecule has 0 spiro atoms. The van der Waals surface area contributed by atoms with Crippen molar-refractivity contribution in [1.82, 2.24) is 20.6 Å². The molecule has 1 amide bonds. The van der Waals surface area contributed by atoms with Crippen LogP contribution in [-0.2, 0) is 11.2 Å². The van der Waals surface area contributed by atoms with Crippen LogP contribution in [0.3, 0.4) is 0 Å². The summed E-state index contributed by atoms with van der Waals surface area (Å²) in [7, 11) is 1.61. The standard InChI is InChI=1S/C13H15N5O2/c1-20-11-4-2-3-9(7-11)18-10(5-6-13(18)19)8-12-14-16-17-15-12/h2-4,7,10H,5-6,8H2,1H3,(H,14,15,16,17)/t10-/m0/s1. The molecular weight excluding hydrogens is 258 g/mol. The molecule has 0 saturated carbocycles. The van der Waals surface area contributed by atoms with Crippen LogP contribution in [-0.4, -0.2) is 39.7 Å². The molecule has 20 heavy (non-hydrogen) atoms. The van der Waals surface area contributed by atoms with E-state index in [4.69, 9.17) is 4.74 Å². The first-order chi connectivity index (χ1) is 9.78. The lowest BCUT2D eigenvalue weighted by Crippen LogP contribution is -2.34. The average Bonchev–Trinajstić information content (AvgIpc) is 3.10. The zero-order valence-electron chi connectivity index (χ0n) is 11.1. The van der Waals surface area contributed by atoms with Gasteiger partial charge in [0.25, 0.3) is 0 Å². The fourth-order valence-electron chi connectivity index (χ4n) is 2.53. The summed E-state index contributed by atoms with van der Waals surface area (Å²) < 4.78 is 5.21. The first-order valence-corrected chi connectivity index (χ1v) is 6.46. The van der Waals surface area contributed by atoms with E-state index in [9.17, 15) is 4.79 Å². The topological polar surface area (TPSA) is 84.0 Å². The van der Waals surface area contributed by atoms with Crippen LogP contribution in [0.15, 0.2) is 24.3 Å². The lowest BCUT2D eigenvalue weighted by molar-refractivity contribution is -0.117. The van der Waals surface area contributed by atoms with Crippen molar-refractivity contribution in [3.05, 3.63) is 30.1 Å². The van der Waals surface area contributed by atoms with Crippen molar-refractivity contribution in [2.24, 2.45) is 0 Å². The van der Waals surface area contributed by atoms with Crippen molar-refractivity contribution in [2.75, 3.05) is 12.0 Å². The number of nitrogens with zero attached hydrogens (tertiary/aromatic N) is 4. The molecule has 1 N–H and O–H groups in total.